The van der Waals surface area contributed by atoms with Crippen LogP contribution in [-0.4, -0.2) is 0 Å². The van der Waals surface area contributed by atoms with Crippen molar-refractivity contribution >= 4 is 5.57 Å². The average molecular weight is 380 g/mol. The second kappa shape index (κ2) is 16.7. The van der Waals surface area contributed by atoms with Crippen molar-refractivity contribution in [1.82, 2.24) is 0 Å². The Morgan fingerprint density at radius 2 is 1.30 bits per heavy atom. The van der Waals surface area contributed by atoms with Crippen LogP contribution in [0.3, 0.4) is 0 Å². The molecule has 0 bridgehead atoms. The van der Waals surface area contributed by atoms with E-state index in [0.29, 0.717) is 0 Å². The van der Waals surface area contributed by atoms with Crippen molar-refractivity contribution in [3.8, 4) is 0 Å². The van der Waals surface area contributed by atoms with Gasteiger partial charge in [-0.2, -0.15) is 12.1 Å². The van der Waals surface area contributed by atoms with Crippen molar-refractivity contribution in [3.63, 3.8) is 0 Å². The van der Waals surface area contributed by atoms with Crippen LogP contribution in [0.2, 0.25) is 0 Å². The summed E-state index contributed by atoms with van der Waals surface area (Å²) in [5, 5.41) is 0. The summed E-state index contributed by atoms with van der Waals surface area (Å²) in [6, 6.07) is 11.3. The Morgan fingerprint density at radius 3 is 1.61 bits per heavy atom. The van der Waals surface area contributed by atoms with Gasteiger partial charge >= 0.3 is 26.2 Å². The molecule has 0 amide bonds. The third kappa shape index (κ3) is 11.9. The van der Waals surface area contributed by atoms with Crippen molar-refractivity contribution in [3.05, 3.63) is 106 Å². The molecule has 1 heteroatoms. The molecule has 0 nitrogen and oxygen atoms in total. The second-order valence-electron chi connectivity index (χ2n) is 4.56. The average Bonchev–Trinajstić information content (AvgIpc) is 3.32. The maximum Gasteiger partial charge on any atom is 2.00 e. The zero-order chi connectivity index (χ0) is 15.9. The fraction of sp³-hybridized carbons (Fsp3) is 0.182. The number of rotatable bonds is 3. The van der Waals surface area contributed by atoms with Gasteiger partial charge in [0.15, 0.2) is 0 Å². The Kier molecular flexibility index (Phi) is 16.6. The Morgan fingerprint density at radius 1 is 0.826 bits per heavy atom. The van der Waals surface area contributed by atoms with Crippen LogP contribution in [0.15, 0.2) is 24.3 Å². The maximum atomic E-state index is 3.33. The van der Waals surface area contributed by atoms with Gasteiger partial charge < -0.3 is 11.6 Å². The number of benzene rings is 1. The van der Waals surface area contributed by atoms with E-state index < -0.39 is 0 Å². The molecule has 2 fully saturated rings. The fourth-order valence-corrected chi connectivity index (χ4v) is 1.85. The molecule has 10 radical (unpaired) electrons. The van der Waals surface area contributed by atoms with Crippen molar-refractivity contribution < 1.29 is 26.2 Å². The van der Waals surface area contributed by atoms with Gasteiger partial charge in [-0.3, -0.25) is 5.57 Å². The van der Waals surface area contributed by atoms with E-state index in [0.717, 1.165) is 12.8 Å². The first-order chi connectivity index (χ1) is 10.9. The van der Waals surface area contributed by atoms with Crippen LogP contribution in [0.4, 0.5) is 0 Å². The minimum Gasteiger partial charge on any atom is -0.324 e. The summed E-state index contributed by atoms with van der Waals surface area (Å²) in [6.45, 7) is 4.26. The predicted octanol–water partition coefficient (Wildman–Crippen LogP) is 5.53. The molecule has 0 atom stereocenters. The van der Waals surface area contributed by atoms with Crippen LogP contribution in [0.25, 0.3) is 5.57 Å². The smallest absolute Gasteiger partial charge is 0.324 e. The van der Waals surface area contributed by atoms with Crippen molar-refractivity contribution in [2.75, 3.05) is 0 Å². The maximum absolute atomic E-state index is 3.33. The van der Waals surface area contributed by atoms with Gasteiger partial charge in [-0.25, -0.2) is 12.1 Å². The van der Waals surface area contributed by atoms with E-state index in [9.17, 15) is 0 Å². The first-order valence-corrected chi connectivity index (χ1v) is 7.78. The molecule has 0 saturated heterocycles. The van der Waals surface area contributed by atoms with Crippen LogP contribution >= 0.6 is 0 Å². The molecule has 0 N–H and O–H groups in total. The Labute approximate surface area is 164 Å². The standard InChI is InChI=1S/C12H14.2C5H5.Zr/c1-3-8-11(4-2)12-9-6-5-7-10-12;2*1-2-4-5-3-1;/h5-7,9H,3-4H2,1-2H3;2*1-5H;/q-2;;;+2. The minimum atomic E-state index is 0. The molecule has 116 valence electrons. The summed E-state index contributed by atoms with van der Waals surface area (Å²) in [5.41, 5.74) is 2.46. The first-order valence-electron chi connectivity index (χ1n) is 7.78. The van der Waals surface area contributed by atoms with Crippen LogP contribution in [-0.2, 0) is 26.2 Å². The first kappa shape index (κ1) is 22.8. The SMILES string of the molecule is CC[C-]=C(CC)c1[c-]cccc1.[CH]1[CH][CH][CH][CH]1.[CH]1[CH][CH][CH][CH]1.[Zr+2]. The van der Waals surface area contributed by atoms with E-state index in [1.807, 2.05) is 82.4 Å². The zero-order valence-electron chi connectivity index (χ0n) is 14.0. The molecular weight excluding hydrogens is 355 g/mol. The van der Waals surface area contributed by atoms with Crippen LogP contribution < -0.4 is 0 Å². The molecule has 1 aromatic carbocycles. The monoisotopic (exact) mass is 378 g/mol. The van der Waals surface area contributed by atoms with Crippen molar-refractivity contribution in [2.45, 2.75) is 26.7 Å². The number of allylic oxidation sites excluding steroid dienone is 2. The van der Waals surface area contributed by atoms with Gasteiger partial charge in [0.2, 0.25) is 0 Å². The number of hydrogen-bond donors (Lipinski definition) is 0. The third-order valence-electron chi connectivity index (χ3n) is 2.89. The number of hydrogen-bond acceptors (Lipinski definition) is 0. The zero-order valence-corrected chi connectivity index (χ0v) is 16.5. The topological polar surface area (TPSA) is 0 Å². The molecule has 0 heterocycles. The van der Waals surface area contributed by atoms with Gasteiger partial charge in [-0.15, -0.1) is 12.5 Å². The summed E-state index contributed by atoms with van der Waals surface area (Å²) in [5.74, 6) is 0. The molecule has 2 aliphatic rings. The molecule has 0 aliphatic heterocycles. The Hall–Kier alpha value is -0.157. The summed E-state index contributed by atoms with van der Waals surface area (Å²) in [6.07, 6.45) is 25.3. The van der Waals surface area contributed by atoms with Gasteiger partial charge in [0.05, 0.1) is 0 Å². The molecule has 0 unspecified atom stereocenters. The molecule has 3 rings (SSSR count). The van der Waals surface area contributed by atoms with E-state index in [1.54, 1.807) is 0 Å². The largest absolute Gasteiger partial charge is 2.00 e. The normalized spacial score (nSPS) is 16.5. The van der Waals surface area contributed by atoms with E-state index in [2.05, 4.69) is 32.1 Å². The van der Waals surface area contributed by atoms with Gasteiger partial charge in [0.25, 0.3) is 0 Å². The van der Waals surface area contributed by atoms with Gasteiger partial charge in [-0.05, 0) is 64.2 Å². The second-order valence-corrected chi connectivity index (χ2v) is 4.56. The van der Waals surface area contributed by atoms with Crippen LogP contribution in [0.5, 0.6) is 0 Å². The van der Waals surface area contributed by atoms with Gasteiger partial charge in [0.1, 0.15) is 0 Å². The predicted molar refractivity (Wildman–Crippen MR) is 95.5 cm³/mol. The molecule has 0 aromatic heterocycles. The van der Waals surface area contributed by atoms with E-state index in [-0.39, 0.29) is 26.2 Å². The van der Waals surface area contributed by atoms with Crippen molar-refractivity contribution in [2.24, 2.45) is 0 Å². The van der Waals surface area contributed by atoms with Gasteiger partial charge in [0, 0.05) is 0 Å². The molecule has 2 saturated carbocycles. The van der Waals surface area contributed by atoms with Crippen LogP contribution in [0.1, 0.15) is 32.3 Å². The summed E-state index contributed by atoms with van der Waals surface area (Å²) >= 11 is 0. The Balaban J connectivity index is 0.000000362. The molecule has 2 aliphatic carbocycles. The molecular formula is C22H24Zr. The summed E-state index contributed by atoms with van der Waals surface area (Å²) in [4.78, 5) is 0. The Bertz CT molecular complexity index is 347. The molecule has 1 aromatic rings. The van der Waals surface area contributed by atoms with Gasteiger partial charge in [-0.1, -0.05) is 20.3 Å². The summed E-state index contributed by atoms with van der Waals surface area (Å²) in [7, 11) is 0. The minimum absolute atomic E-state index is 0. The molecule has 23 heavy (non-hydrogen) atoms. The molecule has 0 spiro atoms. The van der Waals surface area contributed by atoms with Crippen LogP contribution in [0, 0.1) is 76.4 Å². The van der Waals surface area contributed by atoms with Crippen molar-refractivity contribution in [1.29, 1.82) is 0 Å². The third-order valence-corrected chi connectivity index (χ3v) is 2.89. The summed E-state index contributed by atoms with van der Waals surface area (Å²) < 4.78 is 0. The quantitative estimate of drug-likeness (QED) is 0.605. The fourth-order valence-electron chi connectivity index (χ4n) is 1.85. The van der Waals surface area contributed by atoms with E-state index >= 15 is 0 Å². The van der Waals surface area contributed by atoms with E-state index in [4.69, 9.17) is 0 Å². The van der Waals surface area contributed by atoms with E-state index in [1.165, 1.54) is 11.1 Å².